The molecule has 0 unspecified atom stereocenters. The molecule has 2 aliphatic rings. The zero-order valence-corrected chi connectivity index (χ0v) is 14.7. The molecule has 0 atom stereocenters. The van der Waals surface area contributed by atoms with E-state index in [1.165, 1.54) is 25.7 Å². The molecule has 2 fully saturated rings. The fraction of sp³-hybridized carbons (Fsp3) is 0.933. The molecule has 4 nitrogen and oxygen atoms in total. The van der Waals surface area contributed by atoms with E-state index in [9.17, 15) is 4.79 Å². The molecule has 0 aromatic rings. The van der Waals surface area contributed by atoms with Crippen molar-refractivity contribution in [2.45, 2.75) is 51.0 Å². The van der Waals surface area contributed by atoms with E-state index in [4.69, 9.17) is 0 Å². The van der Waals surface area contributed by atoms with Gasteiger partial charge in [0.25, 0.3) is 0 Å². The first-order valence-corrected chi connectivity index (χ1v) is 7.93. The molecule has 0 radical (unpaired) electrons. The third-order valence-electron chi connectivity index (χ3n) is 4.67. The Hall–Kier alpha value is -0.0300. The molecule has 126 valence electrons. The predicted octanol–water partition coefficient (Wildman–Crippen LogP) is 2.21. The number of halogens is 2. The molecular formula is C15H31Cl2N3O. The summed E-state index contributed by atoms with van der Waals surface area (Å²) >= 11 is 0. The van der Waals surface area contributed by atoms with E-state index in [-0.39, 0.29) is 30.7 Å². The van der Waals surface area contributed by atoms with Crippen molar-refractivity contribution in [2.24, 2.45) is 5.92 Å². The minimum atomic E-state index is 0. The van der Waals surface area contributed by atoms with E-state index in [0.717, 1.165) is 51.5 Å². The molecule has 6 heteroatoms. The predicted molar refractivity (Wildman–Crippen MR) is 92.6 cm³/mol. The van der Waals surface area contributed by atoms with Crippen molar-refractivity contribution >= 4 is 30.7 Å². The van der Waals surface area contributed by atoms with Gasteiger partial charge in [-0.1, -0.05) is 12.8 Å². The molecule has 2 N–H and O–H groups in total. The zero-order valence-electron chi connectivity index (χ0n) is 13.1. The molecule has 1 amide bonds. The molecular weight excluding hydrogens is 309 g/mol. The Balaban J connectivity index is 0.00000200. The summed E-state index contributed by atoms with van der Waals surface area (Å²) in [5.41, 5.74) is 0. The largest absolute Gasteiger partial charge is 0.355 e. The first-order valence-electron chi connectivity index (χ1n) is 7.93. The van der Waals surface area contributed by atoms with Crippen LogP contribution >= 0.6 is 24.8 Å². The Morgan fingerprint density at radius 1 is 1.14 bits per heavy atom. The summed E-state index contributed by atoms with van der Waals surface area (Å²) in [5.74, 6) is 0.834. The first-order chi connectivity index (χ1) is 9.25. The first kappa shape index (κ1) is 21.0. The summed E-state index contributed by atoms with van der Waals surface area (Å²) in [6.07, 6.45) is 8.42. The van der Waals surface area contributed by atoms with Crippen molar-refractivity contribution < 1.29 is 4.79 Å². The maximum absolute atomic E-state index is 11.9. The standard InChI is InChI=1S/C15H29N3O.2ClH/c1-18(14-4-2-3-5-14)11-10-17-15(19)12-13-6-8-16-9-7-13;;/h13-14,16H,2-12H2,1H3,(H,17,19);2*1H. The van der Waals surface area contributed by atoms with Crippen LogP contribution in [0.25, 0.3) is 0 Å². The third kappa shape index (κ3) is 7.68. The van der Waals surface area contributed by atoms with E-state index in [0.29, 0.717) is 5.92 Å². The number of amides is 1. The second-order valence-electron chi connectivity index (χ2n) is 6.17. The van der Waals surface area contributed by atoms with Gasteiger partial charge in [0.05, 0.1) is 0 Å². The van der Waals surface area contributed by atoms with E-state index in [1.54, 1.807) is 0 Å². The number of piperidine rings is 1. The van der Waals surface area contributed by atoms with Crippen molar-refractivity contribution in [1.82, 2.24) is 15.5 Å². The summed E-state index contributed by atoms with van der Waals surface area (Å²) in [6.45, 7) is 3.93. The minimum absolute atomic E-state index is 0. The van der Waals surface area contributed by atoms with Crippen molar-refractivity contribution in [2.75, 3.05) is 33.2 Å². The van der Waals surface area contributed by atoms with E-state index in [2.05, 4.69) is 22.6 Å². The molecule has 1 aliphatic carbocycles. The van der Waals surface area contributed by atoms with E-state index in [1.807, 2.05) is 0 Å². The monoisotopic (exact) mass is 339 g/mol. The molecule has 0 aromatic heterocycles. The van der Waals surface area contributed by atoms with Crippen LogP contribution in [0, 0.1) is 5.92 Å². The number of carbonyl (C=O) groups is 1. The summed E-state index contributed by atoms with van der Waals surface area (Å²) in [4.78, 5) is 14.3. The molecule has 1 saturated carbocycles. The van der Waals surface area contributed by atoms with E-state index >= 15 is 0 Å². The van der Waals surface area contributed by atoms with Gasteiger partial charge in [0, 0.05) is 25.6 Å². The maximum atomic E-state index is 11.9. The molecule has 21 heavy (non-hydrogen) atoms. The van der Waals surface area contributed by atoms with Crippen LogP contribution in [0.15, 0.2) is 0 Å². The van der Waals surface area contributed by atoms with Gasteiger partial charge >= 0.3 is 0 Å². The molecule has 0 spiro atoms. The van der Waals surface area contributed by atoms with Crippen molar-refractivity contribution in [3.8, 4) is 0 Å². The maximum Gasteiger partial charge on any atom is 0.220 e. The fourth-order valence-electron chi connectivity index (χ4n) is 3.32. The van der Waals surface area contributed by atoms with Gasteiger partial charge in [0.1, 0.15) is 0 Å². The van der Waals surface area contributed by atoms with Crippen LogP contribution in [-0.4, -0.2) is 50.1 Å². The van der Waals surface area contributed by atoms with Crippen LogP contribution in [0.1, 0.15) is 44.9 Å². The average molecular weight is 340 g/mol. The van der Waals surface area contributed by atoms with Gasteiger partial charge < -0.3 is 15.5 Å². The number of rotatable bonds is 6. The van der Waals surface area contributed by atoms with Gasteiger partial charge in [0.15, 0.2) is 0 Å². The Morgan fingerprint density at radius 2 is 1.76 bits per heavy atom. The van der Waals surface area contributed by atoms with Gasteiger partial charge in [0.2, 0.25) is 5.91 Å². The number of nitrogens with one attached hydrogen (secondary N) is 2. The molecule has 0 aromatic carbocycles. The lowest BCUT2D eigenvalue weighted by Gasteiger charge is -2.25. The van der Waals surface area contributed by atoms with Crippen LogP contribution in [0.4, 0.5) is 0 Å². The second kappa shape index (κ2) is 11.5. The number of likely N-dealkylation sites (N-methyl/N-ethyl adjacent to an activating group) is 1. The number of hydrogen-bond acceptors (Lipinski definition) is 3. The quantitative estimate of drug-likeness (QED) is 0.779. The SMILES string of the molecule is CN(CCNC(=O)CC1CCNCC1)C1CCCC1.Cl.Cl. The van der Waals surface area contributed by atoms with Gasteiger partial charge in [-0.2, -0.15) is 0 Å². The van der Waals surface area contributed by atoms with E-state index < -0.39 is 0 Å². The van der Waals surface area contributed by atoms with Gasteiger partial charge in [-0.25, -0.2) is 0 Å². The second-order valence-corrected chi connectivity index (χ2v) is 6.17. The zero-order chi connectivity index (χ0) is 13.5. The molecule has 1 aliphatic heterocycles. The van der Waals surface area contributed by atoms with Crippen LogP contribution < -0.4 is 10.6 Å². The highest BCUT2D eigenvalue weighted by Gasteiger charge is 2.19. The number of carbonyl (C=O) groups excluding carboxylic acids is 1. The molecule has 1 heterocycles. The van der Waals surface area contributed by atoms with Crippen LogP contribution in [0.2, 0.25) is 0 Å². The van der Waals surface area contributed by atoms with Gasteiger partial charge in [-0.05, 0) is 51.7 Å². The summed E-state index contributed by atoms with van der Waals surface area (Å²) < 4.78 is 0. The highest BCUT2D eigenvalue weighted by molar-refractivity contribution is 5.85. The topological polar surface area (TPSA) is 44.4 Å². The van der Waals surface area contributed by atoms with Crippen molar-refractivity contribution in [1.29, 1.82) is 0 Å². The molecule has 1 saturated heterocycles. The van der Waals surface area contributed by atoms with Crippen LogP contribution in [0.5, 0.6) is 0 Å². The fourth-order valence-corrected chi connectivity index (χ4v) is 3.32. The van der Waals surface area contributed by atoms with Gasteiger partial charge in [-0.3, -0.25) is 4.79 Å². The van der Waals surface area contributed by atoms with Crippen LogP contribution in [0.3, 0.4) is 0 Å². The number of nitrogens with zero attached hydrogens (tertiary/aromatic N) is 1. The lowest BCUT2D eigenvalue weighted by atomic mass is 9.94. The third-order valence-corrected chi connectivity index (χ3v) is 4.67. The Bertz CT molecular complexity index is 280. The lowest BCUT2D eigenvalue weighted by Crippen LogP contribution is -2.38. The Morgan fingerprint density at radius 3 is 2.38 bits per heavy atom. The lowest BCUT2D eigenvalue weighted by molar-refractivity contribution is -0.122. The summed E-state index contributed by atoms with van der Waals surface area (Å²) in [5, 5.41) is 6.42. The Kier molecular flexibility index (Phi) is 11.5. The van der Waals surface area contributed by atoms with Gasteiger partial charge in [-0.15, -0.1) is 24.8 Å². The minimum Gasteiger partial charge on any atom is -0.355 e. The summed E-state index contributed by atoms with van der Waals surface area (Å²) in [7, 11) is 2.19. The average Bonchev–Trinajstić information content (AvgIpc) is 2.93. The molecule has 2 rings (SSSR count). The normalized spacial score (nSPS) is 19.9. The van der Waals surface area contributed by atoms with Crippen LogP contribution in [-0.2, 0) is 4.79 Å². The number of hydrogen-bond donors (Lipinski definition) is 2. The Labute approximate surface area is 141 Å². The smallest absolute Gasteiger partial charge is 0.220 e. The van der Waals surface area contributed by atoms with Crippen molar-refractivity contribution in [3.63, 3.8) is 0 Å². The summed E-state index contributed by atoms with van der Waals surface area (Å²) in [6, 6.07) is 0.751. The highest BCUT2D eigenvalue weighted by atomic mass is 35.5. The highest BCUT2D eigenvalue weighted by Crippen LogP contribution is 2.21. The molecule has 0 bridgehead atoms. The van der Waals surface area contributed by atoms with Crippen molar-refractivity contribution in [3.05, 3.63) is 0 Å².